The lowest BCUT2D eigenvalue weighted by molar-refractivity contribution is -0.0384. The summed E-state index contributed by atoms with van der Waals surface area (Å²) in [5, 5.41) is 13.5. The minimum absolute atomic E-state index is 0.262. The third-order valence-corrected chi connectivity index (χ3v) is 9.31. The number of benzene rings is 1. The highest BCUT2D eigenvalue weighted by Gasteiger charge is 2.33. The van der Waals surface area contributed by atoms with Crippen LogP contribution < -0.4 is 10.2 Å². The van der Waals surface area contributed by atoms with Gasteiger partial charge in [-0.05, 0) is 64.4 Å². The van der Waals surface area contributed by atoms with E-state index in [-0.39, 0.29) is 6.04 Å². The molecule has 39 heavy (non-hydrogen) atoms. The number of oxazole rings is 1. The third-order valence-electron chi connectivity index (χ3n) is 8.12. The number of thiophene rings is 1. The molecule has 0 unspecified atom stereocenters. The predicted molar refractivity (Wildman–Crippen MR) is 151 cm³/mol. The smallest absolute Gasteiger partial charge is 0.196 e. The Kier molecular flexibility index (Phi) is 6.33. The van der Waals surface area contributed by atoms with Crippen molar-refractivity contribution in [2.45, 2.75) is 58.3 Å². The number of aromatic nitrogens is 4. The number of hydrogen-bond donors (Lipinski definition) is 1. The van der Waals surface area contributed by atoms with Gasteiger partial charge in [-0.25, -0.2) is 4.98 Å². The summed E-state index contributed by atoms with van der Waals surface area (Å²) in [6.45, 7) is 10.4. The van der Waals surface area contributed by atoms with E-state index in [0.717, 1.165) is 72.5 Å². The molecule has 1 aromatic carbocycles. The minimum atomic E-state index is -0.262. The molecule has 3 aromatic heterocycles. The summed E-state index contributed by atoms with van der Waals surface area (Å²) < 4.78 is 14.1. The number of aryl methyl sites for hydroxylation is 2. The number of nitrogens with zero attached hydrogens (tertiary/aromatic N) is 6. The number of aliphatic imine (C=N–C) groups is 1. The van der Waals surface area contributed by atoms with Gasteiger partial charge in [-0.1, -0.05) is 12.1 Å². The summed E-state index contributed by atoms with van der Waals surface area (Å²) >= 11 is 1.77. The normalized spacial score (nSPS) is 19.8. The zero-order valence-electron chi connectivity index (χ0n) is 22.6. The molecule has 1 N–H and O–H groups in total. The molecule has 2 fully saturated rings. The van der Waals surface area contributed by atoms with Crippen LogP contribution in [0.4, 0.5) is 5.69 Å². The molecule has 3 aliphatic rings. The molecule has 4 aromatic rings. The summed E-state index contributed by atoms with van der Waals surface area (Å²) in [4.78, 5) is 13.4. The van der Waals surface area contributed by atoms with Crippen molar-refractivity contribution in [2.75, 3.05) is 31.1 Å². The molecular formula is C29H33N7O2S. The summed E-state index contributed by atoms with van der Waals surface area (Å²) in [6.07, 6.45) is 6.75. The standard InChI is InChI=1S/C29H33N7O2S/c1-17-18(2)39-29-26(17)27(32-24(14-25-31-12-13-37-25)28-34-33-19(3)36(28)29)20-4-6-21(7-5-20)35-15-23(16-35)38-22-8-10-30-11-9-22/h4-7,12-13,22-24,30H,8-11,14-16H2,1-3H3/t24-/m0/s1. The Morgan fingerprint density at radius 3 is 2.59 bits per heavy atom. The van der Waals surface area contributed by atoms with Crippen molar-refractivity contribution >= 4 is 22.7 Å². The van der Waals surface area contributed by atoms with Crippen LogP contribution in [0.3, 0.4) is 0 Å². The number of fused-ring (bicyclic) bond motifs is 3. The van der Waals surface area contributed by atoms with Gasteiger partial charge < -0.3 is 19.4 Å². The van der Waals surface area contributed by atoms with Gasteiger partial charge >= 0.3 is 0 Å². The number of rotatable bonds is 6. The molecule has 7 rings (SSSR count). The average Bonchev–Trinajstić information content (AvgIpc) is 3.62. The first-order valence-electron chi connectivity index (χ1n) is 13.8. The lowest BCUT2D eigenvalue weighted by Gasteiger charge is -2.43. The van der Waals surface area contributed by atoms with Gasteiger partial charge in [0.1, 0.15) is 23.1 Å². The fourth-order valence-electron chi connectivity index (χ4n) is 5.81. The first-order chi connectivity index (χ1) is 19.0. The quantitative estimate of drug-likeness (QED) is 0.387. The van der Waals surface area contributed by atoms with Crippen molar-refractivity contribution < 1.29 is 9.15 Å². The highest BCUT2D eigenvalue weighted by molar-refractivity contribution is 7.15. The average molecular weight is 544 g/mol. The lowest BCUT2D eigenvalue weighted by atomic mass is 9.98. The van der Waals surface area contributed by atoms with E-state index in [0.29, 0.717) is 24.5 Å². The summed E-state index contributed by atoms with van der Waals surface area (Å²) in [6, 6.07) is 8.57. The van der Waals surface area contributed by atoms with Crippen LogP contribution in [-0.4, -0.2) is 63.8 Å². The Bertz CT molecular complexity index is 1490. The maximum Gasteiger partial charge on any atom is 0.196 e. The highest BCUT2D eigenvalue weighted by atomic mass is 32.1. The zero-order valence-corrected chi connectivity index (χ0v) is 23.4. The van der Waals surface area contributed by atoms with Crippen molar-refractivity contribution in [3.63, 3.8) is 0 Å². The third kappa shape index (κ3) is 4.50. The lowest BCUT2D eigenvalue weighted by Crippen LogP contribution is -2.54. The fraction of sp³-hybridized carbons (Fsp3) is 0.448. The first kappa shape index (κ1) is 24.7. The monoisotopic (exact) mass is 543 g/mol. The topological polar surface area (TPSA) is 93.6 Å². The summed E-state index contributed by atoms with van der Waals surface area (Å²) in [5.41, 5.74) is 5.70. The van der Waals surface area contributed by atoms with E-state index in [4.69, 9.17) is 14.1 Å². The molecule has 0 bridgehead atoms. The van der Waals surface area contributed by atoms with Crippen LogP contribution in [0, 0.1) is 20.8 Å². The Labute approximate surface area is 231 Å². The van der Waals surface area contributed by atoms with Crippen LogP contribution in [0.5, 0.6) is 0 Å². The largest absolute Gasteiger partial charge is 0.449 e. The van der Waals surface area contributed by atoms with Gasteiger partial charge in [0.25, 0.3) is 0 Å². The van der Waals surface area contributed by atoms with Crippen LogP contribution in [0.1, 0.15) is 58.0 Å². The van der Waals surface area contributed by atoms with E-state index < -0.39 is 0 Å². The Hall–Kier alpha value is -3.34. The summed E-state index contributed by atoms with van der Waals surface area (Å²) in [5.74, 6) is 2.32. The van der Waals surface area contributed by atoms with Crippen molar-refractivity contribution in [1.82, 2.24) is 25.1 Å². The zero-order chi connectivity index (χ0) is 26.5. The highest BCUT2D eigenvalue weighted by Crippen LogP contribution is 2.39. The van der Waals surface area contributed by atoms with E-state index in [2.05, 4.69) is 68.1 Å². The van der Waals surface area contributed by atoms with Gasteiger partial charge in [-0.15, -0.1) is 21.5 Å². The van der Waals surface area contributed by atoms with Crippen LogP contribution in [0.25, 0.3) is 5.00 Å². The van der Waals surface area contributed by atoms with Crippen molar-refractivity contribution in [1.29, 1.82) is 0 Å². The molecule has 0 spiro atoms. The van der Waals surface area contributed by atoms with E-state index in [1.807, 2.05) is 6.92 Å². The van der Waals surface area contributed by atoms with Gasteiger partial charge in [0.15, 0.2) is 11.7 Å². The molecule has 6 heterocycles. The molecule has 9 nitrogen and oxygen atoms in total. The molecule has 0 aliphatic carbocycles. The first-order valence-corrected chi connectivity index (χ1v) is 14.6. The second-order valence-electron chi connectivity index (χ2n) is 10.7. The van der Waals surface area contributed by atoms with E-state index in [9.17, 15) is 0 Å². The van der Waals surface area contributed by atoms with Gasteiger partial charge in [0.05, 0.1) is 30.5 Å². The molecule has 0 amide bonds. The molecule has 10 heteroatoms. The van der Waals surface area contributed by atoms with Crippen LogP contribution >= 0.6 is 11.3 Å². The molecule has 0 radical (unpaired) electrons. The van der Waals surface area contributed by atoms with Gasteiger partial charge in [-0.2, -0.15) is 0 Å². The second-order valence-corrected chi connectivity index (χ2v) is 11.9. The Morgan fingerprint density at radius 2 is 1.85 bits per heavy atom. The van der Waals surface area contributed by atoms with Crippen LogP contribution in [0.2, 0.25) is 0 Å². The molecule has 202 valence electrons. The van der Waals surface area contributed by atoms with Crippen molar-refractivity contribution in [3.05, 3.63) is 75.8 Å². The second kappa shape index (κ2) is 10.0. The number of ether oxygens (including phenoxy) is 1. The van der Waals surface area contributed by atoms with E-state index >= 15 is 0 Å². The number of nitrogens with one attached hydrogen (secondary N) is 1. The molecule has 0 saturated carbocycles. The maximum absolute atomic E-state index is 6.33. The molecule has 2 saturated heterocycles. The van der Waals surface area contributed by atoms with Crippen LogP contribution in [-0.2, 0) is 11.2 Å². The SMILES string of the molecule is Cc1sc2c(c1C)C(c1ccc(N3CC(OC4CCNCC4)C3)cc1)=N[C@@H](Cc1ncco1)c1nnc(C)n1-2. The fourth-order valence-corrected chi connectivity index (χ4v) is 7.03. The van der Waals surface area contributed by atoms with Crippen molar-refractivity contribution in [3.8, 4) is 5.00 Å². The number of piperidine rings is 1. The minimum Gasteiger partial charge on any atom is -0.449 e. The van der Waals surface area contributed by atoms with Gasteiger partial charge in [0.2, 0.25) is 0 Å². The molecule has 1 atom stereocenters. The maximum atomic E-state index is 6.33. The Balaban J connectivity index is 1.19. The van der Waals surface area contributed by atoms with Crippen molar-refractivity contribution in [2.24, 2.45) is 4.99 Å². The van der Waals surface area contributed by atoms with Gasteiger partial charge in [0, 0.05) is 34.8 Å². The predicted octanol–water partition coefficient (Wildman–Crippen LogP) is 4.33. The van der Waals surface area contributed by atoms with Gasteiger partial charge in [-0.3, -0.25) is 9.56 Å². The summed E-state index contributed by atoms with van der Waals surface area (Å²) in [7, 11) is 0. The van der Waals surface area contributed by atoms with Crippen LogP contribution in [0.15, 0.2) is 46.1 Å². The number of hydrogen-bond acceptors (Lipinski definition) is 9. The molecular weight excluding hydrogens is 510 g/mol. The molecule has 3 aliphatic heterocycles. The number of anilines is 1. The van der Waals surface area contributed by atoms with E-state index in [1.165, 1.54) is 16.1 Å². The van der Waals surface area contributed by atoms with E-state index in [1.54, 1.807) is 23.8 Å². The Morgan fingerprint density at radius 1 is 1.05 bits per heavy atom.